The molecule has 1 fully saturated rings. The lowest BCUT2D eigenvalue weighted by molar-refractivity contribution is 0.126. The highest BCUT2D eigenvalue weighted by molar-refractivity contribution is 7.10. The first-order chi connectivity index (χ1) is 17.5. The van der Waals surface area contributed by atoms with Crippen molar-refractivity contribution in [1.82, 2.24) is 10.2 Å². The average Bonchev–Trinajstić information content (AvgIpc) is 3.46. The molecule has 0 saturated carbocycles. The van der Waals surface area contributed by atoms with Gasteiger partial charge in [0.05, 0.1) is 19.9 Å². The molecule has 4 N–H and O–H groups in total. The largest absolute Gasteiger partial charge is 0.493 e. The molecule has 1 saturated heterocycles. The molecule has 2 aliphatic heterocycles. The summed E-state index contributed by atoms with van der Waals surface area (Å²) in [5, 5.41) is 9.34. The van der Waals surface area contributed by atoms with Crippen LogP contribution in [0.1, 0.15) is 35.3 Å². The highest BCUT2D eigenvalue weighted by Crippen LogP contribution is 2.46. The fourth-order valence-corrected chi connectivity index (χ4v) is 6.55. The van der Waals surface area contributed by atoms with Crippen molar-refractivity contribution in [3.8, 4) is 11.5 Å². The van der Waals surface area contributed by atoms with Crippen LogP contribution < -0.4 is 25.8 Å². The Labute approximate surface area is 217 Å². The molecule has 190 valence electrons. The van der Waals surface area contributed by atoms with Crippen LogP contribution in [0.25, 0.3) is 0 Å². The Kier molecular flexibility index (Phi) is 6.92. The Hall–Kier alpha value is -3.07. The van der Waals surface area contributed by atoms with E-state index in [0.717, 1.165) is 50.1 Å². The van der Waals surface area contributed by atoms with E-state index in [4.69, 9.17) is 20.2 Å². The van der Waals surface area contributed by atoms with Crippen molar-refractivity contribution in [3.05, 3.63) is 76.0 Å². The fraction of sp³-hybridized carbons (Fsp3) is 0.393. The van der Waals surface area contributed by atoms with E-state index in [0.29, 0.717) is 17.3 Å². The molecule has 3 aromatic rings. The average molecular weight is 506 g/mol. The second kappa shape index (κ2) is 10.1. The molecule has 1 unspecified atom stereocenters. The number of hydrogen-bond acceptors (Lipinski definition) is 8. The molecule has 5 rings (SSSR count). The summed E-state index contributed by atoms with van der Waals surface area (Å²) in [4.78, 5) is 8.98. The van der Waals surface area contributed by atoms with E-state index < -0.39 is 5.79 Å². The van der Waals surface area contributed by atoms with E-state index in [9.17, 15) is 0 Å². The fourth-order valence-electron chi connectivity index (χ4n) is 5.56. The minimum atomic E-state index is -0.734. The monoisotopic (exact) mass is 505 g/mol. The van der Waals surface area contributed by atoms with Crippen molar-refractivity contribution in [2.45, 2.75) is 37.0 Å². The summed E-state index contributed by atoms with van der Waals surface area (Å²) < 4.78 is 11.0. The molecule has 36 heavy (non-hydrogen) atoms. The topological polar surface area (TPSA) is 84.1 Å². The van der Waals surface area contributed by atoms with Gasteiger partial charge >= 0.3 is 0 Å². The predicted octanol–water partition coefficient (Wildman–Crippen LogP) is 4.39. The number of nitrogens with two attached hydrogens (primary N) is 1. The summed E-state index contributed by atoms with van der Waals surface area (Å²) in [6.07, 6.45) is 2.89. The molecule has 1 aromatic heterocycles. The number of ether oxygens (including phenoxy) is 2. The summed E-state index contributed by atoms with van der Waals surface area (Å²) >= 11 is 1.84. The zero-order chi connectivity index (χ0) is 25.2. The summed E-state index contributed by atoms with van der Waals surface area (Å²) in [5.41, 5.74) is 9.61. The van der Waals surface area contributed by atoms with E-state index >= 15 is 0 Å². The van der Waals surface area contributed by atoms with Crippen molar-refractivity contribution in [3.63, 3.8) is 0 Å². The van der Waals surface area contributed by atoms with Crippen molar-refractivity contribution in [2.24, 2.45) is 10.7 Å². The first kappa shape index (κ1) is 24.6. The number of rotatable bonds is 8. The van der Waals surface area contributed by atoms with Gasteiger partial charge in [-0.2, -0.15) is 0 Å². The van der Waals surface area contributed by atoms with Crippen LogP contribution in [0.15, 0.2) is 65.0 Å². The third-order valence-electron chi connectivity index (χ3n) is 7.57. The number of amidine groups is 1. The van der Waals surface area contributed by atoms with Gasteiger partial charge in [-0.1, -0.05) is 36.4 Å². The number of hydrogen-bond donors (Lipinski definition) is 3. The lowest BCUT2D eigenvalue weighted by Crippen LogP contribution is -2.57. The van der Waals surface area contributed by atoms with Crippen molar-refractivity contribution < 1.29 is 9.47 Å². The molecule has 0 spiro atoms. The Bertz CT molecular complexity index is 1210. The molecule has 0 aliphatic carbocycles. The molecule has 2 aromatic carbocycles. The summed E-state index contributed by atoms with van der Waals surface area (Å²) in [6, 6.07) is 19.0. The maximum atomic E-state index is 6.56. The van der Waals surface area contributed by atoms with E-state index in [1.165, 1.54) is 10.4 Å². The van der Waals surface area contributed by atoms with E-state index in [1.54, 1.807) is 14.2 Å². The minimum absolute atomic E-state index is 0.0186. The lowest BCUT2D eigenvalue weighted by atomic mass is 9.72. The third-order valence-corrected chi connectivity index (χ3v) is 8.68. The van der Waals surface area contributed by atoms with Gasteiger partial charge in [-0.3, -0.25) is 10.2 Å². The molecule has 8 heteroatoms. The Morgan fingerprint density at radius 3 is 2.42 bits per heavy atom. The molecule has 1 atom stereocenters. The van der Waals surface area contributed by atoms with Crippen molar-refractivity contribution >= 4 is 22.9 Å². The van der Waals surface area contributed by atoms with Crippen LogP contribution in [0, 0.1) is 0 Å². The van der Waals surface area contributed by atoms with Gasteiger partial charge in [0.2, 0.25) is 0 Å². The number of methoxy groups -OCH3 is 2. The molecule has 0 radical (unpaired) electrons. The molecule has 0 bridgehead atoms. The molecular formula is C28H35N5O2S. The van der Waals surface area contributed by atoms with Crippen LogP contribution in [-0.2, 0) is 12.0 Å². The third kappa shape index (κ3) is 4.68. The number of anilines is 1. The number of aliphatic imine (C=N–C) groups is 1. The minimum Gasteiger partial charge on any atom is -0.493 e. The SMILES string of the molecule is CNC1(CC2(c3cccs3)CCN(Cc3ccccc3)CC2)N=C(N)c2cc(OC)c(OC)cc2N1. The quantitative estimate of drug-likeness (QED) is 0.421. The highest BCUT2D eigenvalue weighted by atomic mass is 32.1. The summed E-state index contributed by atoms with van der Waals surface area (Å²) in [5.74, 6) is 1.05. The van der Waals surface area contributed by atoms with Gasteiger partial charge in [0, 0.05) is 34.9 Å². The first-order valence-electron chi connectivity index (χ1n) is 12.4. The number of nitrogens with one attached hydrogen (secondary N) is 2. The van der Waals surface area contributed by atoms with Crippen LogP contribution in [-0.4, -0.2) is 50.9 Å². The number of nitrogens with zero attached hydrogens (tertiary/aromatic N) is 2. The van der Waals surface area contributed by atoms with Crippen molar-refractivity contribution in [2.75, 3.05) is 39.7 Å². The van der Waals surface area contributed by atoms with Gasteiger partial charge in [-0.05, 0) is 56.1 Å². The second-order valence-electron chi connectivity index (χ2n) is 9.68. The van der Waals surface area contributed by atoms with Gasteiger partial charge in [-0.25, -0.2) is 4.99 Å². The predicted molar refractivity (Wildman–Crippen MR) is 147 cm³/mol. The molecular weight excluding hydrogens is 470 g/mol. The van der Waals surface area contributed by atoms with Crippen LogP contribution >= 0.6 is 11.3 Å². The maximum absolute atomic E-state index is 6.56. The Morgan fingerprint density at radius 1 is 1.06 bits per heavy atom. The Morgan fingerprint density at radius 2 is 1.78 bits per heavy atom. The standard InChI is InChI=1S/C28H35N5O2S/c1-30-28(31-22-17-24(35-3)23(34-2)16-21(22)26(29)32-28)19-27(25-10-7-15-36-25)11-13-33(14-12-27)18-20-8-5-4-6-9-20/h4-10,15-17,30-31H,11-14,18-19H2,1-3H3,(H2,29,32). The normalized spacial score (nSPS) is 21.2. The first-order valence-corrected chi connectivity index (χ1v) is 13.3. The van der Waals surface area contributed by atoms with Crippen LogP contribution in [0.2, 0.25) is 0 Å². The van der Waals surface area contributed by atoms with E-state index in [-0.39, 0.29) is 5.41 Å². The van der Waals surface area contributed by atoms with E-state index in [2.05, 4.69) is 63.4 Å². The molecule has 2 aliphatic rings. The van der Waals surface area contributed by atoms with Crippen LogP contribution in [0.3, 0.4) is 0 Å². The Balaban J connectivity index is 1.43. The van der Waals surface area contributed by atoms with Gasteiger partial charge in [0.1, 0.15) is 5.84 Å². The van der Waals surface area contributed by atoms with Gasteiger partial charge in [-0.15, -0.1) is 11.3 Å². The number of fused-ring (bicyclic) bond motifs is 1. The number of thiophene rings is 1. The number of likely N-dealkylation sites (tertiary alicyclic amines) is 1. The van der Waals surface area contributed by atoms with Crippen molar-refractivity contribution in [1.29, 1.82) is 0 Å². The lowest BCUT2D eigenvalue weighted by Gasteiger charge is -2.47. The zero-order valence-corrected chi connectivity index (χ0v) is 22.0. The second-order valence-corrected chi connectivity index (χ2v) is 10.6. The van der Waals surface area contributed by atoms with Gasteiger partial charge in [0.15, 0.2) is 17.3 Å². The van der Waals surface area contributed by atoms with E-state index in [1.807, 2.05) is 30.5 Å². The number of piperidine rings is 1. The number of benzene rings is 2. The maximum Gasteiger partial charge on any atom is 0.187 e. The zero-order valence-electron chi connectivity index (χ0n) is 21.2. The van der Waals surface area contributed by atoms with Gasteiger partial charge < -0.3 is 20.5 Å². The van der Waals surface area contributed by atoms with Crippen LogP contribution in [0.4, 0.5) is 5.69 Å². The highest BCUT2D eigenvalue weighted by Gasteiger charge is 2.46. The molecule has 3 heterocycles. The summed E-state index contributed by atoms with van der Waals surface area (Å²) in [7, 11) is 5.22. The molecule has 0 amide bonds. The van der Waals surface area contributed by atoms with Crippen LogP contribution in [0.5, 0.6) is 11.5 Å². The van der Waals surface area contributed by atoms with Gasteiger partial charge in [0.25, 0.3) is 0 Å². The molecule has 7 nitrogen and oxygen atoms in total. The smallest absolute Gasteiger partial charge is 0.187 e. The summed E-state index contributed by atoms with van der Waals surface area (Å²) in [6.45, 7) is 3.05.